The van der Waals surface area contributed by atoms with Gasteiger partial charge in [0, 0.05) is 31.7 Å². The first-order valence-corrected chi connectivity index (χ1v) is 19.0. The van der Waals surface area contributed by atoms with Crippen molar-refractivity contribution in [3.8, 4) is 0 Å². The zero-order valence-electron chi connectivity index (χ0n) is 27.7. The number of carbonyl (C=O) groups excluding carboxylic acids is 1. The van der Waals surface area contributed by atoms with Crippen LogP contribution < -0.4 is 9.88 Å². The van der Waals surface area contributed by atoms with Gasteiger partial charge in [0.1, 0.15) is 18.9 Å². The number of unbranched alkanes of at least 4 members (excludes halogenated alkanes) is 18. The average Bonchev–Trinajstić information content (AvgIpc) is 3.00. The summed E-state index contributed by atoms with van der Waals surface area (Å²) in [7, 11) is -4.27. The summed E-state index contributed by atoms with van der Waals surface area (Å²) in [4.78, 5) is 12.1. The van der Waals surface area contributed by atoms with Gasteiger partial charge in [-0.3, -0.25) is 4.55 Å². The van der Waals surface area contributed by atoms with Crippen LogP contribution in [-0.4, -0.2) is 50.7 Å². The Morgan fingerprint density at radius 2 is 1.27 bits per heavy atom. The number of alkyl carbamates (subject to hydrolysis) is 1. The predicted molar refractivity (Wildman–Crippen MR) is 179 cm³/mol. The van der Waals surface area contributed by atoms with E-state index in [-0.39, 0.29) is 6.61 Å². The van der Waals surface area contributed by atoms with Crippen LogP contribution in [0.3, 0.4) is 0 Å². The van der Waals surface area contributed by atoms with Gasteiger partial charge in [-0.05, 0) is 24.8 Å². The third-order valence-electron chi connectivity index (χ3n) is 7.91. The molecular weight excluding hydrogens is 576 g/mol. The number of rotatable bonds is 30. The molecule has 1 rings (SSSR count). The first-order chi connectivity index (χ1) is 21.3. The monoisotopic (exact) mass is 639 g/mol. The Morgan fingerprint density at radius 3 is 1.82 bits per heavy atom. The lowest BCUT2D eigenvalue weighted by Gasteiger charge is -2.19. The molecular formula is C35H63N2O6S+. The number of pyridine rings is 1. The summed E-state index contributed by atoms with van der Waals surface area (Å²) in [5.74, 6) is -0.610. The van der Waals surface area contributed by atoms with Gasteiger partial charge in [0.05, 0.1) is 6.10 Å². The van der Waals surface area contributed by atoms with E-state index in [1.54, 1.807) is 0 Å². The third-order valence-corrected chi connectivity index (χ3v) is 8.64. The van der Waals surface area contributed by atoms with Gasteiger partial charge in [-0.15, -0.1) is 0 Å². The van der Waals surface area contributed by atoms with Crippen molar-refractivity contribution >= 4 is 16.2 Å². The lowest BCUT2D eigenvalue weighted by molar-refractivity contribution is -0.697. The van der Waals surface area contributed by atoms with E-state index in [4.69, 9.17) is 9.47 Å². The van der Waals surface area contributed by atoms with E-state index in [2.05, 4.69) is 23.4 Å². The minimum atomic E-state index is -4.27. The zero-order valence-corrected chi connectivity index (χ0v) is 28.5. The highest BCUT2D eigenvalue weighted by Gasteiger charge is 2.21. The van der Waals surface area contributed by atoms with Gasteiger partial charge in [-0.1, -0.05) is 122 Å². The number of hydrogen-bond acceptors (Lipinski definition) is 5. The van der Waals surface area contributed by atoms with Crippen molar-refractivity contribution < 1.29 is 31.8 Å². The van der Waals surface area contributed by atoms with E-state index in [0.717, 1.165) is 45.1 Å². The van der Waals surface area contributed by atoms with Crippen molar-refractivity contribution in [1.29, 1.82) is 0 Å². The molecule has 0 bridgehead atoms. The number of aromatic nitrogens is 1. The molecule has 9 heteroatoms. The molecule has 2 N–H and O–H groups in total. The number of nitrogens with zero attached hydrogens (tertiary/aromatic N) is 1. The highest BCUT2D eigenvalue weighted by Crippen LogP contribution is 2.14. The maximum atomic E-state index is 12.1. The van der Waals surface area contributed by atoms with Crippen LogP contribution in [0.2, 0.25) is 0 Å². The maximum absolute atomic E-state index is 12.1. The van der Waals surface area contributed by atoms with Crippen molar-refractivity contribution in [2.75, 3.05) is 25.5 Å². The van der Waals surface area contributed by atoms with Crippen LogP contribution >= 0.6 is 0 Å². The summed E-state index contributed by atoms with van der Waals surface area (Å²) < 4.78 is 45.4. The second kappa shape index (κ2) is 27.3. The number of ether oxygens (including phenoxy) is 2. The van der Waals surface area contributed by atoms with Crippen molar-refractivity contribution in [2.24, 2.45) is 0 Å². The Hall–Kier alpha value is -1.97. The van der Waals surface area contributed by atoms with Crippen molar-refractivity contribution in [1.82, 2.24) is 5.32 Å². The standard InChI is InChI=1S/C35H62N2O6S/c1-3-4-5-6-7-8-9-10-11-12-13-14-15-16-17-21-26-36-35(38)43-31-33(2)34(32-44(39,40)41)42-30-25-19-18-22-27-37-28-23-20-24-29-37/h20,23-24,28-29,34H,2-19,21-22,25-27,30-32H2,1H3,(H-,36,38,39,40,41)/p+1. The molecule has 8 nitrogen and oxygen atoms in total. The molecule has 1 aromatic rings. The molecule has 0 aliphatic carbocycles. The lowest BCUT2D eigenvalue weighted by atomic mass is 10.0. The fourth-order valence-electron chi connectivity index (χ4n) is 5.20. The largest absolute Gasteiger partial charge is 0.445 e. The van der Waals surface area contributed by atoms with Crippen LogP contribution in [0, 0.1) is 0 Å². The fraction of sp³-hybridized carbons (Fsp3) is 0.771. The molecule has 0 radical (unpaired) electrons. The topological polar surface area (TPSA) is 106 Å². The molecule has 0 fully saturated rings. The molecule has 1 unspecified atom stereocenters. The van der Waals surface area contributed by atoms with Crippen LogP contribution in [0.4, 0.5) is 4.79 Å². The predicted octanol–water partition coefficient (Wildman–Crippen LogP) is 8.35. The van der Waals surface area contributed by atoms with Crippen molar-refractivity contribution in [3.05, 3.63) is 42.7 Å². The fourth-order valence-corrected chi connectivity index (χ4v) is 5.91. The summed E-state index contributed by atoms with van der Waals surface area (Å²) in [5.41, 5.74) is 0.306. The number of aryl methyl sites for hydroxylation is 1. The van der Waals surface area contributed by atoms with Gasteiger partial charge in [0.15, 0.2) is 12.4 Å². The van der Waals surface area contributed by atoms with Gasteiger partial charge >= 0.3 is 6.09 Å². The van der Waals surface area contributed by atoms with Gasteiger partial charge in [-0.25, -0.2) is 9.36 Å². The maximum Gasteiger partial charge on any atom is 0.407 e. The van der Waals surface area contributed by atoms with E-state index >= 15 is 0 Å². The Balaban J connectivity index is 2.03. The van der Waals surface area contributed by atoms with Crippen LogP contribution in [0.1, 0.15) is 135 Å². The van der Waals surface area contributed by atoms with E-state index in [1.807, 2.05) is 30.6 Å². The SMILES string of the molecule is C=C(COC(=O)NCCCCCCCCCCCCCCCCCC)C(CS(=O)(=O)O)OCCCCCC[n+]1ccccc1. The smallest absolute Gasteiger partial charge is 0.407 e. The van der Waals surface area contributed by atoms with E-state index in [1.165, 1.54) is 89.9 Å². The molecule has 0 aliphatic rings. The Morgan fingerprint density at radius 1 is 0.773 bits per heavy atom. The molecule has 1 heterocycles. The number of nitrogens with one attached hydrogen (secondary N) is 1. The Labute approximate surface area is 269 Å². The lowest BCUT2D eigenvalue weighted by Crippen LogP contribution is -2.32. The molecule has 0 aromatic carbocycles. The van der Waals surface area contributed by atoms with Crippen LogP contribution in [-0.2, 0) is 26.1 Å². The molecule has 0 aliphatic heterocycles. The zero-order chi connectivity index (χ0) is 32.1. The van der Waals surface area contributed by atoms with Crippen molar-refractivity contribution in [2.45, 2.75) is 148 Å². The van der Waals surface area contributed by atoms with Gasteiger partial charge in [0.2, 0.25) is 0 Å². The summed E-state index contributed by atoms with van der Waals surface area (Å²) in [6, 6.07) is 6.00. The van der Waals surface area contributed by atoms with Gasteiger partial charge in [-0.2, -0.15) is 8.42 Å². The Bertz CT molecular complexity index is 942. The van der Waals surface area contributed by atoms with E-state index in [9.17, 15) is 17.8 Å². The molecule has 0 saturated heterocycles. The highest BCUT2D eigenvalue weighted by molar-refractivity contribution is 7.85. The molecule has 1 aromatic heterocycles. The summed E-state index contributed by atoms with van der Waals surface area (Å²) >= 11 is 0. The minimum absolute atomic E-state index is 0.167. The second-order valence-corrected chi connectivity index (χ2v) is 13.6. The number of carbonyl (C=O) groups is 1. The second-order valence-electron chi connectivity index (χ2n) is 12.1. The molecule has 0 spiro atoms. The summed E-state index contributed by atoms with van der Waals surface area (Å²) in [5, 5.41) is 2.75. The molecule has 0 saturated carbocycles. The first kappa shape index (κ1) is 40.1. The minimum Gasteiger partial charge on any atom is -0.445 e. The summed E-state index contributed by atoms with van der Waals surface area (Å²) in [6.45, 7) is 7.77. The first-order valence-electron chi connectivity index (χ1n) is 17.4. The van der Waals surface area contributed by atoms with Crippen LogP contribution in [0.15, 0.2) is 42.7 Å². The van der Waals surface area contributed by atoms with Gasteiger partial charge in [0.25, 0.3) is 10.1 Å². The summed E-state index contributed by atoms with van der Waals surface area (Å²) in [6.07, 6.45) is 27.2. The third kappa shape index (κ3) is 25.4. The highest BCUT2D eigenvalue weighted by atomic mass is 32.2. The number of amides is 1. The molecule has 254 valence electrons. The van der Waals surface area contributed by atoms with E-state index in [0.29, 0.717) is 18.7 Å². The molecule has 1 atom stereocenters. The number of hydrogen-bond donors (Lipinski definition) is 2. The molecule has 44 heavy (non-hydrogen) atoms. The van der Waals surface area contributed by atoms with Gasteiger partial charge < -0.3 is 14.8 Å². The van der Waals surface area contributed by atoms with Crippen LogP contribution in [0.25, 0.3) is 0 Å². The van der Waals surface area contributed by atoms with Crippen molar-refractivity contribution in [3.63, 3.8) is 0 Å². The Kier molecular flexibility index (Phi) is 24.9. The average molecular weight is 640 g/mol. The normalized spacial score (nSPS) is 12.2. The van der Waals surface area contributed by atoms with Crippen LogP contribution in [0.5, 0.6) is 0 Å². The molecule has 1 amide bonds. The van der Waals surface area contributed by atoms with E-state index < -0.39 is 28.1 Å². The quantitative estimate of drug-likeness (QED) is 0.0379.